The van der Waals surface area contributed by atoms with Gasteiger partial charge in [-0.2, -0.15) is 0 Å². The Morgan fingerprint density at radius 3 is 2.45 bits per heavy atom. The number of ketones is 1. The molecule has 1 amide bonds. The first kappa shape index (κ1) is 25.6. The molecule has 0 fully saturated rings. The van der Waals surface area contributed by atoms with Crippen molar-refractivity contribution in [3.63, 3.8) is 0 Å². The zero-order chi connectivity index (χ0) is 26.6. The predicted molar refractivity (Wildman–Crippen MR) is 150 cm³/mol. The van der Waals surface area contributed by atoms with Crippen molar-refractivity contribution in [1.29, 1.82) is 0 Å². The first-order chi connectivity index (χ1) is 18.5. The van der Waals surface area contributed by atoms with Crippen LogP contribution in [0.2, 0.25) is 0 Å². The summed E-state index contributed by atoms with van der Waals surface area (Å²) in [6.45, 7) is 4.48. The number of hydrogen-bond donors (Lipinski definition) is 1. The molecule has 38 heavy (non-hydrogen) atoms. The average Bonchev–Trinajstić information content (AvgIpc) is 3.10. The number of carbonyl (C=O) groups is 2. The minimum absolute atomic E-state index is 0.0208. The van der Waals surface area contributed by atoms with Gasteiger partial charge in [0.2, 0.25) is 5.91 Å². The van der Waals surface area contributed by atoms with Gasteiger partial charge in [0.25, 0.3) is 0 Å². The van der Waals surface area contributed by atoms with Crippen molar-refractivity contribution in [3.05, 3.63) is 95.2 Å². The highest BCUT2D eigenvalue weighted by Gasteiger charge is 2.42. The Labute approximate surface area is 224 Å². The highest BCUT2D eigenvalue weighted by molar-refractivity contribution is 6.06. The van der Waals surface area contributed by atoms with Gasteiger partial charge >= 0.3 is 0 Å². The van der Waals surface area contributed by atoms with E-state index in [-0.39, 0.29) is 17.6 Å². The molecule has 2 atom stereocenters. The van der Waals surface area contributed by atoms with E-state index in [4.69, 9.17) is 9.47 Å². The molecule has 0 spiro atoms. The van der Waals surface area contributed by atoms with E-state index in [9.17, 15) is 9.59 Å². The molecule has 0 bridgehead atoms. The number of methoxy groups -OCH3 is 1. The van der Waals surface area contributed by atoms with Gasteiger partial charge in [0.1, 0.15) is 11.5 Å². The van der Waals surface area contributed by atoms with Gasteiger partial charge in [-0.25, -0.2) is 0 Å². The highest BCUT2D eigenvalue weighted by atomic mass is 16.5. The Balaban J connectivity index is 1.69. The van der Waals surface area contributed by atoms with Crippen LogP contribution >= 0.6 is 0 Å². The van der Waals surface area contributed by atoms with E-state index in [0.717, 1.165) is 40.4 Å². The Morgan fingerprint density at radius 2 is 1.71 bits per heavy atom. The van der Waals surface area contributed by atoms with Gasteiger partial charge in [-0.1, -0.05) is 56.3 Å². The molecule has 1 N–H and O–H groups in total. The van der Waals surface area contributed by atoms with Gasteiger partial charge in [0.05, 0.1) is 31.1 Å². The third kappa shape index (κ3) is 4.78. The summed E-state index contributed by atoms with van der Waals surface area (Å²) in [4.78, 5) is 29.5. The number of fused-ring (bicyclic) bond motifs is 1. The van der Waals surface area contributed by atoms with Gasteiger partial charge in [-0.3, -0.25) is 14.5 Å². The van der Waals surface area contributed by atoms with Gasteiger partial charge in [0, 0.05) is 29.7 Å². The molecule has 1 aliphatic heterocycles. The molecular weight excluding hydrogens is 476 g/mol. The lowest BCUT2D eigenvalue weighted by atomic mass is 9.78. The zero-order valence-corrected chi connectivity index (χ0v) is 22.2. The molecule has 1 aliphatic carbocycles. The van der Waals surface area contributed by atoms with Gasteiger partial charge in [-0.05, 0) is 54.7 Å². The van der Waals surface area contributed by atoms with Crippen LogP contribution in [0.5, 0.6) is 11.5 Å². The first-order valence-corrected chi connectivity index (χ1v) is 13.4. The van der Waals surface area contributed by atoms with E-state index >= 15 is 0 Å². The summed E-state index contributed by atoms with van der Waals surface area (Å²) in [5.41, 5.74) is 4.99. The van der Waals surface area contributed by atoms with E-state index < -0.39 is 6.04 Å². The van der Waals surface area contributed by atoms with Crippen LogP contribution < -0.4 is 19.7 Å². The summed E-state index contributed by atoms with van der Waals surface area (Å²) in [5.74, 6) is 1.50. The number of rotatable bonds is 7. The second-order valence-corrected chi connectivity index (χ2v) is 9.74. The van der Waals surface area contributed by atoms with Crippen LogP contribution in [0.25, 0.3) is 0 Å². The number of nitrogens with zero attached hydrogens (tertiary/aromatic N) is 1. The molecule has 1 heterocycles. The highest BCUT2D eigenvalue weighted by Crippen LogP contribution is 2.49. The quantitative estimate of drug-likeness (QED) is 0.379. The van der Waals surface area contributed by atoms with Crippen molar-refractivity contribution in [2.24, 2.45) is 0 Å². The normalized spacial score (nSPS) is 18.7. The maximum Gasteiger partial charge on any atom is 0.227 e. The van der Waals surface area contributed by atoms with Crippen molar-refractivity contribution < 1.29 is 19.1 Å². The molecule has 6 heteroatoms. The number of para-hydroxylation sites is 3. The van der Waals surface area contributed by atoms with Crippen LogP contribution in [0.1, 0.15) is 62.6 Å². The summed E-state index contributed by atoms with van der Waals surface area (Å²) < 4.78 is 11.5. The van der Waals surface area contributed by atoms with Gasteiger partial charge in [-0.15, -0.1) is 0 Å². The second kappa shape index (κ2) is 11.1. The Bertz CT molecular complexity index is 1360. The van der Waals surface area contributed by atoms with E-state index in [1.807, 2.05) is 79.7 Å². The lowest BCUT2D eigenvalue weighted by Crippen LogP contribution is -2.38. The largest absolute Gasteiger partial charge is 0.497 e. The fourth-order valence-electron chi connectivity index (χ4n) is 5.49. The molecular formula is C32H34N2O4. The van der Waals surface area contributed by atoms with Gasteiger partial charge < -0.3 is 14.8 Å². The number of benzene rings is 3. The van der Waals surface area contributed by atoms with Crippen molar-refractivity contribution in [2.45, 2.75) is 51.5 Å². The minimum Gasteiger partial charge on any atom is -0.497 e. The summed E-state index contributed by atoms with van der Waals surface area (Å²) in [6.07, 6.45) is 2.20. The lowest BCUT2D eigenvalue weighted by molar-refractivity contribution is -0.119. The van der Waals surface area contributed by atoms with Crippen LogP contribution in [0.15, 0.2) is 84.1 Å². The van der Waals surface area contributed by atoms with Crippen LogP contribution in [0, 0.1) is 0 Å². The SMILES string of the molecule is CCCOc1ccccc1C1C2=C(CC(c3ccc(OC)cc3)CC2=O)Nc2ccccc2N1C(=O)CC. The Hall–Kier alpha value is -4.06. The van der Waals surface area contributed by atoms with Crippen LogP contribution in [0.4, 0.5) is 11.4 Å². The molecule has 6 nitrogen and oxygen atoms in total. The monoisotopic (exact) mass is 510 g/mol. The van der Waals surface area contributed by atoms with Crippen LogP contribution in [0.3, 0.4) is 0 Å². The fourth-order valence-corrected chi connectivity index (χ4v) is 5.49. The summed E-state index contributed by atoms with van der Waals surface area (Å²) in [6, 6.07) is 22.9. The number of ether oxygens (including phenoxy) is 2. The molecule has 3 aromatic carbocycles. The first-order valence-electron chi connectivity index (χ1n) is 13.4. The van der Waals surface area contributed by atoms with Gasteiger partial charge in [0.15, 0.2) is 5.78 Å². The standard InChI is InChI=1S/C32H34N2O4/c1-4-18-38-29-13-9-6-10-24(29)32-31-26(33-25-11-7-8-12-27(25)34(32)30(36)5-2)19-22(20-28(31)35)21-14-16-23(37-3)17-15-21/h6-17,22,32-33H,4-5,18-20H2,1-3H3. The average molecular weight is 511 g/mol. The molecule has 196 valence electrons. The van der Waals surface area contributed by atoms with E-state index in [0.29, 0.717) is 37.2 Å². The molecule has 2 aliphatic rings. The molecule has 0 saturated carbocycles. The maximum atomic E-state index is 14.1. The van der Waals surface area contributed by atoms with Crippen molar-refractivity contribution in [1.82, 2.24) is 0 Å². The molecule has 5 rings (SSSR count). The molecule has 0 saturated heterocycles. The molecule has 0 aromatic heterocycles. The predicted octanol–water partition coefficient (Wildman–Crippen LogP) is 6.79. The minimum atomic E-state index is -0.592. The number of nitrogens with one attached hydrogen (secondary N) is 1. The summed E-state index contributed by atoms with van der Waals surface area (Å²) >= 11 is 0. The third-order valence-electron chi connectivity index (χ3n) is 7.32. The number of carbonyl (C=O) groups excluding carboxylic acids is 2. The zero-order valence-electron chi connectivity index (χ0n) is 22.2. The van der Waals surface area contributed by atoms with Crippen molar-refractivity contribution in [2.75, 3.05) is 23.9 Å². The Morgan fingerprint density at radius 1 is 0.974 bits per heavy atom. The number of allylic oxidation sites excluding steroid dienone is 1. The van der Waals surface area contributed by atoms with Crippen LogP contribution in [-0.4, -0.2) is 25.4 Å². The van der Waals surface area contributed by atoms with Crippen molar-refractivity contribution in [3.8, 4) is 11.5 Å². The number of Topliss-reactive ketones (excluding diaryl/α,β-unsaturated/α-hetero) is 1. The van der Waals surface area contributed by atoms with E-state index in [1.165, 1.54) is 0 Å². The maximum absolute atomic E-state index is 14.1. The van der Waals surface area contributed by atoms with E-state index in [2.05, 4.69) is 12.2 Å². The molecule has 0 radical (unpaired) electrons. The summed E-state index contributed by atoms with van der Waals surface area (Å²) in [5, 5.41) is 3.58. The lowest BCUT2D eigenvalue weighted by Gasteiger charge is -2.35. The van der Waals surface area contributed by atoms with Crippen molar-refractivity contribution >= 4 is 23.1 Å². The van der Waals surface area contributed by atoms with E-state index in [1.54, 1.807) is 12.0 Å². The molecule has 3 aromatic rings. The smallest absolute Gasteiger partial charge is 0.227 e. The number of hydrogen-bond acceptors (Lipinski definition) is 5. The fraction of sp³-hybridized carbons (Fsp3) is 0.312. The van der Waals surface area contributed by atoms with Crippen LogP contribution in [-0.2, 0) is 9.59 Å². The Kier molecular flexibility index (Phi) is 7.50. The number of amides is 1. The molecule has 2 unspecified atom stereocenters. The topological polar surface area (TPSA) is 67.9 Å². The number of anilines is 2. The summed E-state index contributed by atoms with van der Waals surface area (Å²) in [7, 11) is 1.65. The third-order valence-corrected chi connectivity index (χ3v) is 7.32. The second-order valence-electron chi connectivity index (χ2n) is 9.74.